The minimum Gasteiger partial charge on any atom is -0.359 e. The van der Waals surface area contributed by atoms with Gasteiger partial charge in [-0.1, -0.05) is 6.08 Å². The Balaban J connectivity index is 1.26. The zero-order chi connectivity index (χ0) is 25.6. The minimum absolute atomic E-state index is 0.184. The van der Waals surface area contributed by atoms with E-state index in [1.807, 2.05) is 67.6 Å². The maximum atomic E-state index is 12.9. The van der Waals surface area contributed by atoms with E-state index in [4.69, 9.17) is 0 Å². The third kappa shape index (κ3) is 5.55. The quantitative estimate of drug-likeness (QED) is 0.283. The molecule has 0 saturated heterocycles. The Morgan fingerprint density at radius 2 is 1.78 bits per heavy atom. The van der Waals surface area contributed by atoms with Crippen LogP contribution in [0.25, 0.3) is 10.9 Å². The summed E-state index contributed by atoms with van der Waals surface area (Å²) in [6.45, 7) is 1.97. The number of fused-ring (bicyclic) bond motifs is 1. The average Bonchev–Trinajstić information content (AvgIpc) is 3.19. The first-order valence-corrected chi connectivity index (χ1v) is 11.8. The first kappa shape index (κ1) is 23.5. The summed E-state index contributed by atoms with van der Waals surface area (Å²) in [6, 6.07) is 22.5. The SMILES string of the molecule is Cc1cc(NC2=CC=NC=CC2)ccc1NC(=O)c1ccc(Nc2ccnc3ccc(C#N)cc23)cc1. The van der Waals surface area contributed by atoms with Crippen molar-refractivity contribution in [2.45, 2.75) is 13.3 Å². The summed E-state index contributed by atoms with van der Waals surface area (Å²) >= 11 is 0. The lowest BCUT2D eigenvalue weighted by molar-refractivity contribution is 0.102. The highest BCUT2D eigenvalue weighted by atomic mass is 16.1. The number of allylic oxidation sites excluding steroid dienone is 2. The van der Waals surface area contributed by atoms with Gasteiger partial charge in [0, 0.05) is 64.4 Å². The molecule has 1 aromatic heterocycles. The predicted octanol–water partition coefficient (Wildman–Crippen LogP) is 6.69. The Labute approximate surface area is 214 Å². The Morgan fingerprint density at radius 3 is 2.59 bits per heavy atom. The Bertz CT molecular complexity index is 1610. The first-order valence-electron chi connectivity index (χ1n) is 11.8. The molecule has 0 atom stereocenters. The molecule has 0 saturated carbocycles. The predicted molar refractivity (Wildman–Crippen MR) is 149 cm³/mol. The van der Waals surface area contributed by atoms with Gasteiger partial charge in [-0.05, 0) is 85.3 Å². The highest BCUT2D eigenvalue weighted by molar-refractivity contribution is 6.05. The van der Waals surface area contributed by atoms with Gasteiger partial charge < -0.3 is 16.0 Å². The minimum atomic E-state index is -0.184. The fraction of sp³-hybridized carbons (Fsp3) is 0.0667. The number of pyridine rings is 1. The van der Waals surface area contributed by atoms with Crippen LogP contribution < -0.4 is 16.0 Å². The molecule has 1 amide bonds. The number of amides is 1. The third-order valence-electron chi connectivity index (χ3n) is 5.97. The summed E-state index contributed by atoms with van der Waals surface area (Å²) in [6.07, 6.45) is 9.99. The zero-order valence-corrected chi connectivity index (χ0v) is 20.2. The van der Waals surface area contributed by atoms with Crippen molar-refractivity contribution in [2.24, 2.45) is 4.99 Å². The van der Waals surface area contributed by atoms with Crippen LogP contribution in [0, 0.1) is 18.3 Å². The van der Waals surface area contributed by atoms with Crippen molar-refractivity contribution in [1.82, 2.24) is 4.98 Å². The molecule has 7 nitrogen and oxygen atoms in total. The molecule has 0 unspecified atom stereocenters. The van der Waals surface area contributed by atoms with Gasteiger partial charge in [0.1, 0.15) is 0 Å². The second-order valence-electron chi connectivity index (χ2n) is 8.59. The largest absolute Gasteiger partial charge is 0.359 e. The maximum absolute atomic E-state index is 12.9. The molecule has 7 heteroatoms. The highest BCUT2D eigenvalue weighted by Gasteiger charge is 2.10. The molecule has 2 heterocycles. The molecule has 0 aliphatic carbocycles. The zero-order valence-electron chi connectivity index (χ0n) is 20.2. The van der Waals surface area contributed by atoms with Crippen LogP contribution in [-0.2, 0) is 0 Å². The molecule has 0 radical (unpaired) electrons. The number of benzene rings is 3. The second-order valence-corrected chi connectivity index (χ2v) is 8.59. The lowest BCUT2D eigenvalue weighted by Crippen LogP contribution is -2.13. The topological polar surface area (TPSA) is 102 Å². The maximum Gasteiger partial charge on any atom is 0.255 e. The van der Waals surface area contributed by atoms with Crippen LogP contribution in [-0.4, -0.2) is 17.1 Å². The fourth-order valence-corrected chi connectivity index (χ4v) is 4.03. The lowest BCUT2D eigenvalue weighted by Gasteiger charge is -2.13. The van der Waals surface area contributed by atoms with Crippen molar-refractivity contribution in [3.63, 3.8) is 0 Å². The normalized spacial score (nSPS) is 12.4. The van der Waals surface area contributed by atoms with E-state index in [2.05, 4.69) is 32.0 Å². The Hall–Kier alpha value is -5.22. The molecule has 1 aliphatic rings. The van der Waals surface area contributed by atoms with Crippen LogP contribution in [0.4, 0.5) is 22.7 Å². The van der Waals surface area contributed by atoms with Gasteiger partial charge in [0.15, 0.2) is 0 Å². The number of carbonyl (C=O) groups excluding carboxylic acids is 1. The average molecular weight is 485 g/mol. The van der Waals surface area contributed by atoms with E-state index in [-0.39, 0.29) is 5.91 Å². The van der Waals surface area contributed by atoms with Gasteiger partial charge in [-0.15, -0.1) is 0 Å². The molecular weight excluding hydrogens is 460 g/mol. The van der Waals surface area contributed by atoms with Crippen LogP contribution in [0.5, 0.6) is 0 Å². The molecule has 0 fully saturated rings. The summed E-state index contributed by atoms with van der Waals surface area (Å²) in [4.78, 5) is 21.4. The van der Waals surface area contributed by atoms with Crippen molar-refractivity contribution < 1.29 is 4.79 Å². The van der Waals surface area contributed by atoms with E-state index in [0.717, 1.165) is 51.3 Å². The van der Waals surface area contributed by atoms with Gasteiger partial charge >= 0.3 is 0 Å². The van der Waals surface area contributed by atoms with Gasteiger partial charge in [-0.25, -0.2) is 0 Å². The number of nitrogens with zero attached hydrogens (tertiary/aromatic N) is 3. The number of carbonyl (C=O) groups is 1. The number of aryl methyl sites for hydroxylation is 1. The molecule has 4 aromatic rings. The standard InChI is InChI=1S/C30H24N6O/c1-20-17-25(34-23-3-2-14-32-15-12-23)9-11-27(20)36-30(37)22-5-7-24(8-6-22)35-29-13-16-33-28-10-4-21(19-31)18-26(28)29/h2,4-18,34H,3H2,1H3,(H,33,35)(H,36,37). The number of nitriles is 1. The van der Waals surface area contributed by atoms with Crippen LogP contribution in [0.15, 0.2) is 102 Å². The number of aliphatic imine (C=N–C) groups is 1. The van der Waals surface area contributed by atoms with E-state index in [1.54, 1.807) is 36.8 Å². The summed E-state index contributed by atoms with van der Waals surface area (Å²) in [5.41, 5.74) is 7.29. The molecule has 3 aromatic carbocycles. The van der Waals surface area contributed by atoms with Gasteiger partial charge in [0.2, 0.25) is 0 Å². The number of nitrogens with one attached hydrogen (secondary N) is 3. The summed E-state index contributed by atoms with van der Waals surface area (Å²) < 4.78 is 0. The number of hydrogen-bond donors (Lipinski definition) is 3. The third-order valence-corrected chi connectivity index (χ3v) is 5.97. The van der Waals surface area contributed by atoms with Crippen LogP contribution in [0.3, 0.4) is 0 Å². The van der Waals surface area contributed by atoms with Crippen LogP contribution in [0.2, 0.25) is 0 Å². The lowest BCUT2D eigenvalue weighted by atomic mass is 10.1. The Kier molecular flexibility index (Phi) is 6.73. The van der Waals surface area contributed by atoms with Crippen molar-refractivity contribution in [3.8, 4) is 6.07 Å². The van der Waals surface area contributed by atoms with E-state index in [0.29, 0.717) is 11.1 Å². The summed E-state index contributed by atoms with van der Waals surface area (Å²) in [5, 5.41) is 19.8. The van der Waals surface area contributed by atoms with E-state index in [1.165, 1.54) is 0 Å². The van der Waals surface area contributed by atoms with Crippen LogP contribution >= 0.6 is 0 Å². The number of rotatable bonds is 6. The summed E-state index contributed by atoms with van der Waals surface area (Å²) in [5.74, 6) is -0.184. The fourth-order valence-electron chi connectivity index (χ4n) is 4.03. The van der Waals surface area contributed by atoms with Crippen molar-refractivity contribution >= 4 is 45.8 Å². The van der Waals surface area contributed by atoms with Crippen LogP contribution in [0.1, 0.15) is 27.9 Å². The van der Waals surface area contributed by atoms with Crippen molar-refractivity contribution in [3.05, 3.63) is 114 Å². The molecular formula is C30H24N6O. The van der Waals surface area contributed by atoms with Crippen molar-refractivity contribution in [1.29, 1.82) is 5.26 Å². The van der Waals surface area contributed by atoms with Gasteiger partial charge in [0.05, 0.1) is 17.1 Å². The molecule has 5 rings (SSSR count). The van der Waals surface area contributed by atoms with E-state index < -0.39 is 0 Å². The second kappa shape index (κ2) is 10.6. The number of hydrogen-bond acceptors (Lipinski definition) is 6. The van der Waals surface area contributed by atoms with Gasteiger partial charge in [-0.2, -0.15) is 5.26 Å². The molecule has 180 valence electrons. The first-order chi connectivity index (χ1) is 18.1. The monoisotopic (exact) mass is 484 g/mol. The van der Waals surface area contributed by atoms with E-state index >= 15 is 0 Å². The van der Waals surface area contributed by atoms with E-state index in [9.17, 15) is 10.1 Å². The Morgan fingerprint density at radius 1 is 0.946 bits per heavy atom. The molecule has 0 bridgehead atoms. The van der Waals surface area contributed by atoms with Gasteiger partial charge in [0.25, 0.3) is 5.91 Å². The molecule has 0 spiro atoms. The molecule has 37 heavy (non-hydrogen) atoms. The molecule has 1 aliphatic heterocycles. The summed E-state index contributed by atoms with van der Waals surface area (Å²) in [7, 11) is 0. The number of aromatic nitrogens is 1. The smallest absolute Gasteiger partial charge is 0.255 e. The van der Waals surface area contributed by atoms with Crippen molar-refractivity contribution in [2.75, 3.05) is 16.0 Å². The van der Waals surface area contributed by atoms with Gasteiger partial charge in [-0.3, -0.25) is 14.8 Å². The number of anilines is 4. The molecule has 3 N–H and O–H groups in total. The highest BCUT2D eigenvalue weighted by Crippen LogP contribution is 2.27.